The van der Waals surface area contributed by atoms with Crippen LogP contribution in [0.3, 0.4) is 0 Å². The molecule has 2 unspecified atom stereocenters. The molecule has 0 radical (unpaired) electrons. The summed E-state index contributed by atoms with van der Waals surface area (Å²) in [6, 6.07) is 0.308. The topological polar surface area (TPSA) is 38.3 Å². The Kier molecular flexibility index (Phi) is 4.09. The summed E-state index contributed by atoms with van der Waals surface area (Å²) in [6.07, 6.45) is 1.02. The minimum absolute atomic E-state index is 0.0367. The number of rotatable bonds is 4. The summed E-state index contributed by atoms with van der Waals surface area (Å²) < 4.78 is 6.29. The van der Waals surface area contributed by atoms with Crippen LogP contribution in [0.1, 0.15) is 41.0 Å². The summed E-state index contributed by atoms with van der Waals surface area (Å²) in [5.41, 5.74) is 0. The second kappa shape index (κ2) is 4.73. The first-order valence-electron chi connectivity index (χ1n) is 6.58. The van der Waals surface area contributed by atoms with E-state index in [1.54, 1.807) is 0 Å². The zero-order valence-corrected chi connectivity index (χ0v) is 13.3. The molecule has 0 spiro atoms. The fourth-order valence-electron chi connectivity index (χ4n) is 2.07. The maximum atomic E-state index is 11.6. The van der Waals surface area contributed by atoms with Crippen molar-refractivity contribution in [3.63, 3.8) is 0 Å². The van der Waals surface area contributed by atoms with Crippen molar-refractivity contribution in [2.24, 2.45) is 5.92 Å². The van der Waals surface area contributed by atoms with Crippen LogP contribution in [0.15, 0.2) is 0 Å². The standard InChI is InChI=1S/C13H27NO2Si/c1-8-10-11(12(15)14-10)9(2)16-17(6,7)13(3,4)5/h9-11H,8H2,1-7H3,(H,14,15)/t9?,10?,11-/m1/s1. The molecule has 1 saturated heterocycles. The van der Waals surface area contributed by atoms with Crippen LogP contribution in [-0.4, -0.2) is 26.4 Å². The summed E-state index contributed by atoms with van der Waals surface area (Å²) in [5, 5.41) is 3.14. The van der Waals surface area contributed by atoms with E-state index < -0.39 is 8.32 Å². The molecule has 1 aliphatic heterocycles. The van der Waals surface area contributed by atoms with Gasteiger partial charge < -0.3 is 9.74 Å². The van der Waals surface area contributed by atoms with Gasteiger partial charge in [0.15, 0.2) is 8.32 Å². The average molecular weight is 257 g/mol. The summed E-state index contributed by atoms with van der Waals surface area (Å²) >= 11 is 0. The zero-order chi connectivity index (χ0) is 13.4. The molecule has 1 rings (SSSR count). The highest BCUT2D eigenvalue weighted by Gasteiger charge is 2.46. The molecule has 0 aliphatic carbocycles. The number of β-lactam (4-membered cyclic amide) rings is 1. The molecular formula is C13H27NO2Si. The number of hydrogen-bond donors (Lipinski definition) is 1. The van der Waals surface area contributed by atoms with E-state index in [1.807, 2.05) is 6.92 Å². The highest BCUT2D eigenvalue weighted by Crippen LogP contribution is 2.39. The van der Waals surface area contributed by atoms with Crippen LogP contribution < -0.4 is 5.32 Å². The van der Waals surface area contributed by atoms with Crippen LogP contribution in [0.2, 0.25) is 18.1 Å². The van der Waals surface area contributed by atoms with Gasteiger partial charge in [0.1, 0.15) is 0 Å². The summed E-state index contributed by atoms with van der Waals surface area (Å²) in [5.74, 6) is 0.206. The zero-order valence-electron chi connectivity index (χ0n) is 12.3. The van der Waals surface area contributed by atoms with Crippen LogP contribution in [0.25, 0.3) is 0 Å². The van der Waals surface area contributed by atoms with E-state index in [9.17, 15) is 4.79 Å². The summed E-state index contributed by atoms with van der Waals surface area (Å²) in [7, 11) is -1.77. The third-order valence-electron chi connectivity index (χ3n) is 4.30. The first kappa shape index (κ1) is 14.7. The van der Waals surface area contributed by atoms with Crippen LogP contribution in [0, 0.1) is 5.92 Å². The number of carbonyl (C=O) groups is 1. The molecule has 17 heavy (non-hydrogen) atoms. The van der Waals surface area contributed by atoms with Crippen molar-refractivity contribution in [2.45, 2.75) is 71.3 Å². The maximum Gasteiger partial charge on any atom is 0.227 e. The van der Waals surface area contributed by atoms with Crippen LogP contribution >= 0.6 is 0 Å². The Bertz CT molecular complexity index is 296. The quantitative estimate of drug-likeness (QED) is 0.621. The molecule has 1 amide bonds. The SMILES string of the molecule is CCC1NC(=O)[C@@H]1C(C)O[Si](C)(C)C(C)(C)C. The summed E-state index contributed by atoms with van der Waals surface area (Å²) in [6.45, 7) is 15.3. The van der Waals surface area contributed by atoms with Gasteiger partial charge in [-0.2, -0.15) is 0 Å². The van der Waals surface area contributed by atoms with E-state index in [2.05, 4.69) is 46.1 Å². The Morgan fingerprint density at radius 1 is 1.41 bits per heavy atom. The maximum absolute atomic E-state index is 11.6. The van der Waals surface area contributed by atoms with Crippen molar-refractivity contribution < 1.29 is 9.22 Å². The Morgan fingerprint density at radius 3 is 2.29 bits per heavy atom. The molecule has 1 N–H and O–H groups in total. The molecule has 0 saturated carbocycles. The van der Waals surface area contributed by atoms with Crippen molar-refractivity contribution in [1.82, 2.24) is 5.32 Å². The van der Waals surface area contributed by atoms with E-state index in [1.165, 1.54) is 0 Å². The molecule has 3 atom stereocenters. The fraction of sp³-hybridized carbons (Fsp3) is 0.923. The molecule has 1 aliphatic rings. The van der Waals surface area contributed by atoms with Crippen molar-refractivity contribution in [3.8, 4) is 0 Å². The summed E-state index contributed by atoms with van der Waals surface area (Å²) in [4.78, 5) is 11.6. The van der Waals surface area contributed by atoms with Gasteiger partial charge in [0.05, 0.1) is 12.0 Å². The highest BCUT2D eigenvalue weighted by atomic mass is 28.4. The number of nitrogens with one attached hydrogen (secondary N) is 1. The molecule has 0 bridgehead atoms. The highest BCUT2D eigenvalue weighted by molar-refractivity contribution is 6.74. The Hall–Kier alpha value is -0.353. The molecule has 4 heteroatoms. The van der Waals surface area contributed by atoms with Gasteiger partial charge in [-0.15, -0.1) is 0 Å². The molecule has 0 aromatic rings. The number of hydrogen-bond acceptors (Lipinski definition) is 2. The fourth-order valence-corrected chi connectivity index (χ4v) is 3.50. The van der Waals surface area contributed by atoms with Crippen LogP contribution in [0.5, 0.6) is 0 Å². The molecular weight excluding hydrogens is 230 g/mol. The van der Waals surface area contributed by atoms with E-state index in [-0.39, 0.29) is 23.0 Å². The van der Waals surface area contributed by atoms with Gasteiger partial charge >= 0.3 is 0 Å². The van der Waals surface area contributed by atoms with Crippen molar-refractivity contribution in [1.29, 1.82) is 0 Å². The Balaban J connectivity index is 2.66. The second-order valence-corrected chi connectivity index (χ2v) is 11.4. The normalized spacial score (nSPS) is 27.4. The number of carbonyl (C=O) groups excluding carboxylic acids is 1. The van der Waals surface area contributed by atoms with Crippen molar-refractivity contribution >= 4 is 14.2 Å². The van der Waals surface area contributed by atoms with E-state index >= 15 is 0 Å². The van der Waals surface area contributed by atoms with Gasteiger partial charge in [-0.3, -0.25) is 4.79 Å². The van der Waals surface area contributed by atoms with Crippen LogP contribution in [-0.2, 0) is 9.22 Å². The molecule has 1 fully saturated rings. The molecule has 0 aromatic carbocycles. The van der Waals surface area contributed by atoms with Gasteiger partial charge in [-0.05, 0) is 31.5 Å². The molecule has 0 aromatic heterocycles. The van der Waals surface area contributed by atoms with E-state index in [4.69, 9.17) is 4.43 Å². The Morgan fingerprint density at radius 2 is 1.94 bits per heavy atom. The smallest absolute Gasteiger partial charge is 0.227 e. The lowest BCUT2D eigenvalue weighted by Crippen LogP contribution is -2.63. The lowest BCUT2D eigenvalue weighted by atomic mass is 9.85. The predicted octanol–water partition coefficient (Wildman–Crippen LogP) is 2.92. The van der Waals surface area contributed by atoms with Gasteiger partial charge in [-0.25, -0.2) is 0 Å². The van der Waals surface area contributed by atoms with Crippen molar-refractivity contribution in [3.05, 3.63) is 0 Å². The van der Waals surface area contributed by atoms with E-state index in [0.29, 0.717) is 6.04 Å². The number of amides is 1. The second-order valence-electron chi connectivity index (χ2n) is 6.63. The third kappa shape index (κ3) is 2.91. The largest absolute Gasteiger partial charge is 0.413 e. The lowest BCUT2D eigenvalue weighted by Gasteiger charge is -2.45. The third-order valence-corrected chi connectivity index (χ3v) is 8.87. The van der Waals surface area contributed by atoms with Gasteiger partial charge in [0.2, 0.25) is 5.91 Å². The molecule has 3 nitrogen and oxygen atoms in total. The van der Waals surface area contributed by atoms with Gasteiger partial charge in [-0.1, -0.05) is 27.7 Å². The molecule has 100 valence electrons. The molecule has 1 heterocycles. The first-order chi connectivity index (χ1) is 7.60. The minimum Gasteiger partial charge on any atom is -0.413 e. The average Bonchev–Trinajstić information content (AvgIpc) is 2.10. The van der Waals surface area contributed by atoms with Gasteiger partial charge in [0, 0.05) is 6.04 Å². The van der Waals surface area contributed by atoms with Crippen LogP contribution in [0.4, 0.5) is 0 Å². The van der Waals surface area contributed by atoms with E-state index in [0.717, 1.165) is 6.42 Å². The predicted molar refractivity (Wildman–Crippen MR) is 73.5 cm³/mol. The Labute approximate surface area is 106 Å². The first-order valence-corrected chi connectivity index (χ1v) is 9.49. The minimum atomic E-state index is -1.77. The van der Waals surface area contributed by atoms with Gasteiger partial charge in [0.25, 0.3) is 0 Å². The lowest BCUT2D eigenvalue weighted by molar-refractivity contribution is -0.140. The van der Waals surface area contributed by atoms with Crippen molar-refractivity contribution in [2.75, 3.05) is 0 Å². The monoisotopic (exact) mass is 257 g/mol.